The number of carbonyl (C=O) groups excluding carboxylic acids is 2. The van der Waals surface area contributed by atoms with E-state index in [0.717, 1.165) is 5.56 Å². The van der Waals surface area contributed by atoms with Crippen molar-refractivity contribution in [3.8, 4) is 11.5 Å². The van der Waals surface area contributed by atoms with Gasteiger partial charge in [-0.1, -0.05) is 27.7 Å². The van der Waals surface area contributed by atoms with Gasteiger partial charge in [-0.05, 0) is 76.1 Å². The maximum absolute atomic E-state index is 12.6. The van der Waals surface area contributed by atoms with E-state index in [4.69, 9.17) is 33.2 Å². The quantitative estimate of drug-likeness (QED) is 0.138. The van der Waals surface area contributed by atoms with Gasteiger partial charge in [0.15, 0.2) is 6.29 Å². The van der Waals surface area contributed by atoms with Crippen molar-refractivity contribution < 1.29 is 47.9 Å². The second kappa shape index (κ2) is 17.6. The highest BCUT2D eigenvalue weighted by Crippen LogP contribution is 2.41. The van der Waals surface area contributed by atoms with Gasteiger partial charge >= 0.3 is 11.9 Å². The molecule has 0 aromatic heterocycles. The van der Waals surface area contributed by atoms with Crippen LogP contribution in [0.4, 0.5) is 0 Å². The summed E-state index contributed by atoms with van der Waals surface area (Å²) in [6.07, 6.45) is 0.175. The normalized spacial score (nSPS) is 14.4. The molecule has 0 amide bonds. The van der Waals surface area contributed by atoms with Gasteiger partial charge in [0.1, 0.15) is 30.1 Å². The smallest absolute Gasteiger partial charge is 0.338 e. The number of aliphatic hydroxyl groups is 1. The number of benzene rings is 2. The number of hydrogen-bond acceptors (Lipinski definition) is 12. The average Bonchev–Trinajstić information content (AvgIpc) is 3.49. The fourth-order valence-electron chi connectivity index (χ4n) is 3.93. The minimum Gasteiger partial charge on any atom is -0.490 e. The lowest BCUT2D eigenvalue weighted by molar-refractivity contribution is -0.0684. The zero-order chi connectivity index (χ0) is 30.4. The van der Waals surface area contributed by atoms with E-state index in [0.29, 0.717) is 42.3 Å². The second-order valence-corrected chi connectivity index (χ2v) is 12.8. The summed E-state index contributed by atoms with van der Waals surface area (Å²) in [4.78, 5) is 24.6. The van der Waals surface area contributed by atoms with E-state index >= 15 is 0 Å². The first-order valence-corrected chi connectivity index (χ1v) is 16.1. The Morgan fingerprint density at radius 2 is 1.67 bits per heavy atom. The molecule has 2 aromatic carbocycles. The molecule has 1 fully saturated rings. The molecule has 1 N–H and O–H groups in total. The molecule has 10 nitrogen and oxygen atoms in total. The highest BCUT2D eigenvalue weighted by atomic mass is 33.1. The number of ether oxygens (including phenoxy) is 7. The SMILES string of the molecule is CCOC(=O)c1cc(CC(C)(C)SSC(COc2cccc(C(=O)OCC)c2)OCCO)cc(OCC2OCCO2)c1. The van der Waals surface area contributed by atoms with Gasteiger partial charge in [0, 0.05) is 4.75 Å². The average molecular weight is 625 g/mol. The predicted octanol–water partition coefficient (Wildman–Crippen LogP) is 4.91. The Morgan fingerprint density at radius 3 is 2.36 bits per heavy atom. The van der Waals surface area contributed by atoms with Crippen molar-refractivity contribution in [1.29, 1.82) is 0 Å². The molecular formula is C30H40O10S2. The summed E-state index contributed by atoms with van der Waals surface area (Å²) in [7, 11) is 3.09. The monoisotopic (exact) mass is 624 g/mol. The Kier molecular flexibility index (Phi) is 14.2. The number of esters is 2. The third kappa shape index (κ3) is 11.7. The van der Waals surface area contributed by atoms with E-state index in [2.05, 4.69) is 13.8 Å². The van der Waals surface area contributed by atoms with E-state index in [1.165, 1.54) is 10.8 Å². The van der Waals surface area contributed by atoms with Crippen LogP contribution < -0.4 is 9.47 Å². The zero-order valence-corrected chi connectivity index (χ0v) is 26.1. The Hall–Kier alpha value is -2.48. The number of aliphatic hydroxyl groups excluding tert-OH is 1. The van der Waals surface area contributed by atoms with Gasteiger partial charge in [0.05, 0.1) is 50.8 Å². The fraction of sp³-hybridized carbons (Fsp3) is 0.533. The van der Waals surface area contributed by atoms with Crippen LogP contribution in [-0.4, -0.2) is 86.4 Å². The summed E-state index contributed by atoms with van der Waals surface area (Å²) < 4.78 is 38.6. The van der Waals surface area contributed by atoms with E-state index in [1.54, 1.807) is 55.0 Å². The van der Waals surface area contributed by atoms with Gasteiger partial charge < -0.3 is 38.3 Å². The lowest BCUT2D eigenvalue weighted by Gasteiger charge is -2.26. The van der Waals surface area contributed by atoms with Crippen LogP contribution in [0.5, 0.6) is 11.5 Å². The molecule has 1 aliphatic heterocycles. The van der Waals surface area contributed by atoms with Crippen LogP contribution in [0, 0.1) is 0 Å². The van der Waals surface area contributed by atoms with Crippen LogP contribution in [0.25, 0.3) is 0 Å². The van der Waals surface area contributed by atoms with E-state index in [-0.39, 0.29) is 44.4 Å². The number of carbonyl (C=O) groups is 2. The van der Waals surface area contributed by atoms with Crippen molar-refractivity contribution >= 4 is 33.5 Å². The summed E-state index contributed by atoms with van der Waals surface area (Å²) >= 11 is 0. The summed E-state index contributed by atoms with van der Waals surface area (Å²) in [6.45, 7) is 9.76. The molecule has 1 unspecified atom stereocenters. The summed E-state index contributed by atoms with van der Waals surface area (Å²) in [5, 5.41) is 9.32. The van der Waals surface area contributed by atoms with Crippen LogP contribution in [0.3, 0.4) is 0 Å². The summed E-state index contributed by atoms with van der Waals surface area (Å²) in [5.41, 5.74) is 1.32. The van der Waals surface area contributed by atoms with Crippen molar-refractivity contribution in [3.63, 3.8) is 0 Å². The molecule has 1 heterocycles. The molecule has 1 saturated heterocycles. The van der Waals surface area contributed by atoms with E-state index < -0.39 is 23.7 Å². The van der Waals surface area contributed by atoms with Crippen molar-refractivity contribution in [3.05, 3.63) is 59.2 Å². The first kappa shape index (κ1) is 34.0. The molecule has 3 rings (SSSR count). The maximum atomic E-state index is 12.6. The fourth-order valence-corrected chi connectivity index (χ4v) is 6.41. The maximum Gasteiger partial charge on any atom is 0.338 e. The Morgan fingerprint density at radius 1 is 0.976 bits per heavy atom. The van der Waals surface area contributed by atoms with E-state index in [9.17, 15) is 14.7 Å². The minimum absolute atomic E-state index is 0.121. The lowest BCUT2D eigenvalue weighted by atomic mass is 10.00. The molecule has 0 spiro atoms. The van der Waals surface area contributed by atoms with Gasteiger partial charge in [-0.15, -0.1) is 0 Å². The van der Waals surface area contributed by atoms with Gasteiger partial charge in [0.2, 0.25) is 0 Å². The minimum atomic E-state index is -0.436. The molecule has 42 heavy (non-hydrogen) atoms. The molecule has 0 bridgehead atoms. The Balaban J connectivity index is 1.64. The molecule has 0 aliphatic carbocycles. The van der Waals surface area contributed by atoms with Crippen molar-refractivity contribution in [1.82, 2.24) is 0 Å². The molecule has 1 atom stereocenters. The number of hydrogen-bond donors (Lipinski definition) is 1. The van der Waals surface area contributed by atoms with Gasteiger partial charge in [-0.3, -0.25) is 0 Å². The van der Waals surface area contributed by atoms with Crippen LogP contribution >= 0.6 is 21.6 Å². The standard InChI is InChI=1S/C30H40O10S2/c1-5-34-28(32)22-8-7-9-24(16-22)40-20-27(38-11-10-31)41-42-30(3,4)18-21-14-23(29(33)35-6-2)17-25(15-21)39-19-26-36-12-13-37-26/h7-9,14-17,26-27,31H,5-6,10-13,18-20H2,1-4H3. The topological polar surface area (TPSA) is 119 Å². The molecule has 2 aromatic rings. The molecule has 0 saturated carbocycles. The van der Waals surface area contributed by atoms with Crippen LogP contribution in [0.2, 0.25) is 0 Å². The van der Waals surface area contributed by atoms with Crippen LogP contribution in [0.1, 0.15) is 54.0 Å². The lowest BCUT2D eigenvalue weighted by Crippen LogP contribution is -2.23. The summed E-state index contributed by atoms with van der Waals surface area (Å²) in [5.74, 6) is 0.216. The molecular weight excluding hydrogens is 584 g/mol. The highest BCUT2D eigenvalue weighted by molar-refractivity contribution is 8.77. The van der Waals surface area contributed by atoms with Gasteiger partial charge in [-0.2, -0.15) is 0 Å². The molecule has 0 radical (unpaired) electrons. The number of rotatable bonds is 18. The van der Waals surface area contributed by atoms with Crippen molar-refractivity contribution in [2.75, 3.05) is 52.9 Å². The zero-order valence-electron chi connectivity index (χ0n) is 24.5. The van der Waals surface area contributed by atoms with E-state index in [1.807, 2.05) is 12.1 Å². The second-order valence-electron chi connectivity index (χ2n) is 9.77. The molecule has 232 valence electrons. The molecule has 12 heteroatoms. The first-order chi connectivity index (χ1) is 20.2. The Labute approximate surface area is 255 Å². The van der Waals surface area contributed by atoms with Crippen molar-refractivity contribution in [2.24, 2.45) is 0 Å². The van der Waals surface area contributed by atoms with Gasteiger partial charge in [-0.25, -0.2) is 9.59 Å². The predicted molar refractivity (Wildman–Crippen MR) is 161 cm³/mol. The Bertz CT molecular complexity index is 1140. The van der Waals surface area contributed by atoms with Crippen LogP contribution in [-0.2, 0) is 30.1 Å². The third-order valence-electron chi connectivity index (χ3n) is 5.69. The van der Waals surface area contributed by atoms with Crippen molar-refractivity contribution in [2.45, 2.75) is 50.6 Å². The summed E-state index contributed by atoms with van der Waals surface area (Å²) in [6, 6.07) is 12.2. The molecule has 1 aliphatic rings. The first-order valence-electron chi connectivity index (χ1n) is 13.9. The van der Waals surface area contributed by atoms with Gasteiger partial charge in [0.25, 0.3) is 0 Å². The third-order valence-corrected chi connectivity index (χ3v) is 9.16. The largest absolute Gasteiger partial charge is 0.490 e. The highest BCUT2D eigenvalue weighted by Gasteiger charge is 2.25. The van der Waals surface area contributed by atoms with Crippen LogP contribution in [0.15, 0.2) is 42.5 Å².